The number of hydrogen-bond donors (Lipinski definition) is 2. The van der Waals surface area contributed by atoms with Crippen molar-refractivity contribution in [3.05, 3.63) is 53.6 Å². The van der Waals surface area contributed by atoms with Crippen LogP contribution in [-0.4, -0.2) is 45.2 Å². The maximum Gasteiger partial charge on any atom is 0.253 e. The smallest absolute Gasteiger partial charge is 0.253 e. The first-order chi connectivity index (χ1) is 14.0. The number of carbonyl (C=O) groups is 2. The van der Waals surface area contributed by atoms with Crippen LogP contribution in [0.1, 0.15) is 35.8 Å². The van der Waals surface area contributed by atoms with Crippen LogP contribution < -0.4 is 20.3 Å². The number of hydrogen-bond acceptors (Lipinski definition) is 5. The highest BCUT2D eigenvalue weighted by Crippen LogP contribution is 2.27. The minimum Gasteiger partial charge on any atom is -0.497 e. The number of ether oxygens (including phenoxy) is 2. The summed E-state index contributed by atoms with van der Waals surface area (Å²) in [6, 6.07) is 12.8. The third-order valence-electron chi connectivity index (χ3n) is 4.88. The summed E-state index contributed by atoms with van der Waals surface area (Å²) in [4.78, 5) is 26.6. The number of carbonyl (C=O) groups excluding carboxylic acids is 2. The van der Waals surface area contributed by atoms with Crippen LogP contribution in [0.3, 0.4) is 0 Å². The standard InChI is InChI=1S/C22H27N3O4/c1-15(17-4-7-19(28-3)8-5-17)23-22(27)20-9-6-18(24-16(2)26)14-21(20)25-10-12-29-13-11-25/h4-9,14-15H,10-13H2,1-3H3,(H,23,27)(H,24,26). The van der Waals surface area contributed by atoms with E-state index >= 15 is 0 Å². The van der Waals surface area contributed by atoms with E-state index in [4.69, 9.17) is 9.47 Å². The number of anilines is 2. The average Bonchev–Trinajstić information content (AvgIpc) is 2.73. The van der Waals surface area contributed by atoms with Crippen LogP contribution in [0.2, 0.25) is 0 Å². The molecule has 1 atom stereocenters. The average molecular weight is 397 g/mol. The predicted molar refractivity (Wildman–Crippen MR) is 113 cm³/mol. The molecule has 1 fully saturated rings. The number of nitrogens with one attached hydrogen (secondary N) is 2. The second-order valence-corrected chi connectivity index (χ2v) is 6.98. The maximum atomic E-state index is 13.1. The molecule has 0 aromatic heterocycles. The largest absolute Gasteiger partial charge is 0.497 e. The van der Waals surface area contributed by atoms with Crippen molar-refractivity contribution in [3.8, 4) is 5.75 Å². The molecular formula is C22H27N3O4. The van der Waals surface area contributed by atoms with Crippen molar-refractivity contribution < 1.29 is 19.1 Å². The van der Waals surface area contributed by atoms with E-state index in [9.17, 15) is 9.59 Å². The highest BCUT2D eigenvalue weighted by Gasteiger charge is 2.21. The molecule has 1 aliphatic rings. The van der Waals surface area contributed by atoms with E-state index in [0.29, 0.717) is 37.6 Å². The van der Waals surface area contributed by atoms with Crippen molar-refractivity contribution in [2.24, 2.45) is 0 Å². The molecule has 2 aromatic carbocycles. The first-order valence-corrected chi connectivity index (χ1v) is 9.67. The van der Waals surface area contributed by atoms with Crippen LogP contribution in [0, 0.1) is 0 Å². The molecule has 1 unspecified atom stereocenters. The van der Waals surface area contributed by atoms with E-state index in [-0.39, 0.29) is 17.9 Å². The summed E-state index contributed by atoms with van der Waals surface area (Å²) < 4.78 is 10.6. The second kappa shape index (κ2) is 9.43. The molecule has 1 saturated heterocycles. The van der Waals surface area contributed by atoms with Gasteiger partial charge in [0, 0.05) is 25.7 Å². The van der Waals surface area contributed by atoms with Gasteiger partial charge in [-0.1, -0.05) is 12.1 Å². The molecule has 7 heteroatoms. The summed E-state index contributed by atoms with van der Waals surface area (Å²) in [5.41, 5.74) is 3.01. The zero-order valence-electron chi connectivity index (χ0n) is 17.0. The summed E-state index contributed by atoms with van der Waals surface area (Å²) in [5.74, 6) is 0.461. The Labute approximate surface area is 171 Å². The summed E-state index contributed by atoms with van der Waals surface area (Å²) in [5, 5.41) is 5.85. The van der Waals surface area contributed by atoms with Crippen molar-refractivity contribution in [2.75, 3.05) is 43.6 Å². The fraction of sp³-hybridized carbons (Fsp3) is 0.364. The van der Waals surface area contributed by atoms with Gasteiger partial charge < -0.3 is 25.0 Å². The maximum absolute atomic E-state index is 13.1. The van der Waals surface area contributed by atoms with Crippen LogP contribution in [0.25, 0.3) is 0 Å². The fourth-order valence-corrected chi connectivity index (χ4v) is 3.32. The van der Waals surface area contributed by atoms with E-state index < -0.39 is 0 Å². The first kappa shape index (κ1) is 20.7. The Balaban J connectivity index is 1.82. The molecule has 0 bridgehead atoms. The zero-order chi connectivity index (χ0) is 20.8. The quantitative estimate of drug-likeness (QED) is 0.783. The van der Waals surface area contributed by atoms with Crippen LogP contribution >= 0.6 is 0 Å². The molecule has 7 nitrogen and oxygen atoms in total. The molecule has 0 aliphatic carbocycles. The highest BCUT2D eigenvalue weighted by molar-refractivity contribution is 6.01. The number of benzene rings is 2. The summed E-state index contributed by atoms with van der Waals surface area (Å²) in [7, 11) is 1.62. The lowest BCUT2D eigenvalue weighted by Gasteiger charge is -2.31. The van der Waals surface area contributed by atoms with Crippen molar-refractivity contribution in [1.29, 1.82) is 0 Å². The number of amides is 2. The van der Waals surface area contributed by atoms with Gasteiger partial charge in [-0.3, -0.25) is 9.59 Å². The topological polar surface area (TPSA) is 79.9 Å². The van der Waals surface area contributed by atoms with Crippen LogP contribution in [0.5, 0.6) is 5.75 Å². The molecule has 154 valence electrons. The van der Waals surface area contributed by atoms with Crippen LogP contribution in [-0.2, 0) is 9.53 Å². The Morgan fingerprint density at radius 1 is 1.10 bits per heavy atom. The van der Waals surface area contributed by atoms with Crippen molar-refractivity contribution in [2.45, 2.75) is 19.9 Å². The number of nitrogens with zero attached hydrogens (tertiary/aromatic N) is 1. The van der Waals surface area contributed by atoms with E-state index in [1.807, 2.05) is 37.3 Å². The van der Waals surface area contributed by atoms with Gasteiger partial charge in [0.15, 0.2) is 0 Å². The molecule has 0 spiro atoms. The van der Waals surface area contributed by atoms with Gasteiger partial charge in [0.1, 0.15) is 5.75 Å². The molecular weight excluding hydrogens is 370 g/mol. The molecule has 2 amide bonds. The predicted octanol–water partition coefficient (Wildman–Crippen LogP) is 2.98. The highest BCUT2D eigenvalue weighted by atomic mass is 16.5. The van der Waals surface area contributed by atoms with Gasteiger partial charge in [0.25, 0.3) is 5.91 Å². The van der Waals surface area contributed by atoms with E-state index in [1.54, 1.807) is 19.2 Å². The number of rotatable bonds is 6. The third kappa shape index (κ3) is 5.26. The Morgan fingerprint density at radius 2 is 1.79 bits per heavy atom. The van der Waals surface area contributed by atoms with Crippen molar-refractivity contribution in [3.63, 3.8) is 0 Å². The lowest BCUT2D eigenvalue weighted by molar-refractivity contribution is -0.114. The van der Waals surface area contributed by atoms with Gasteiger partial charge in [-0.25, -0.2) is 0 Å². The second-order valence-electron chi connectivity index (χ2n) is 6.98. The molecule has 2 aromatic rings. The first-order valence-electron chi connectivity index (χ1n) is 9.67. The van der Waals surface area contributed by atoms with E-state index in [1.165, 1.54) is 6.92 Å². The minimum absolute atomic E-state index is 0.150. The number of methoxy groups -OCH3 is 1. The van der Waals surface area contributed by atoms with Crippen molar-refractivity contribution in [1.82, 2.24) is 5.32 Å². The van der Waals surface area contributed by atoms with Gasteiger partial charge in [-0.15, -0.1) is 0 Å². The fourth-order valence-electron chi connectivity index (χ4n) is 3.32. The molecule has 1 aliphatic heterocycles. The molecule has 1 heterocycles. The number of morpholine rings is 1. The normalized spacial score (nSPS) is 14.8. The Morgan fingerprint density at radius 3 is 2.41 bits per heavy atom. The molecule has 2 N–H and O–H groups in total. The molecule has 29 heavy (non-hydrogen) atoms. The van der Waals surface area contributed by atoms with Gasteiger partial charge in [0.05, 0.1) is 37.6 Å². The van der Waals surface area contributed by atoms with Gasteiger partial charge in [0.2, 0.25) is 5.91 Å². The Bertz CT molecular complexity index is 861. The lowest BCUT2D eigenvalue weighted by Crippen LogP contribution is -2.38. The molecule has 0 saturated carbocycles. The SMILES string of the molecule is COc1ccc(C(C)NC(=O)c2ccc(NC(C)=O)cc2N2CCOCC2)cc1. The zero-order valence-corrected chi connectivity index (χ0v) is 17.0. The van der Waals surface area contributed by atoms with E-state index in [2.05, 4.69) is 15.5 Å². The van der Waals surface area contributed by atoms with Crippen LogP contribution in [0.15, 0.2) is 42.5 Å². The minimum atomic E-state index is -0.166. The summed E-state index contributed by atoms with van der Waals surface area (Å²) in [6.07, 6.45) is 0. The van der Waals surface area contributed by atoms with Gasteiger partial charge >= 0.3 is 0 Å². The summed E-state index contributed by atoms with van der Waals surface area (Å²) in [6.45, 7) is 6.00. The van der Waals surface area contributed by atoms with Gasteiger partial charge in [-0.2, -0.15) is 0 Å². The Hall–Kier alpha value is -3.06. The molecule has 0 radical (unpaired) electrons. The van der Waals surface area contributed by atoms with Crippen molar-refractivity contribution >= 4 is 23.2 Å². The summed E-state index contributed by atoms with van der Waals surface area (Å²) >= 11 is 0. The molecule has 3 rings (SSSR count). The van der Waals surface area contributed by atoms with Gasteiger partial charge in [-0.05, 0) is 42.8 Å². The van der Waals surface area contributed by atoms with E-state index in [0.717, 1.165) is 17.0 Å². The van der Waals surface area contributed by atoms with Crippen LogP contribution in [0.4, 0.5) is 11.4 Å². The lowest BCUT2D eigenvalue weighted by atomic mass is 10.1. The third-order valence-corrected chi connectivity index (χ3v) is 4.88. The Kier molecular flexibility index (Phi) is 6.72. The monoisotopic (exact) mass is 397 g/mol.